The number of nitrogens with one attached hydrogen (secondary N) is 2. The standard InChI is InChI=1S/C15H10Cl2N2O4/c16-8-1-3-10(17)12(5-8)22-7-14(20)18-9-2-4-11-13(6-9)23-15(21)19-11/h1-6H,7H2,(H,18,20)(H,19,21). The predicted molar refractivity (Wildman–Crippen MR) is 87.4 cm³/mol. The van der Waals surface area contributed by atoms with Crippen molar-refractivity contribution in [2.24, 2.45) is 0 Å². The smallest absolute Gasteiger partial charge is 0.417 e. The van der Waals surface area contributed by atoms with Gasteiger partial charge in [-0.25, -0.2) is 4.79 Å². The van der Waals surface area contributed by atoms with E-state index in [2.05, 4.69) is 10.3 Å². The first-order valence-corrected chi connectivity index (χ1v) is 7.27. The first-order valence-electron chi connectivity index (χ1n) is 6.52. The van der Waals surface area contributed by atoms with Crippen LogP contribution in [0, 0.1) is 0 Å². The van der Waals surface area contributed by atoms with Crippen molar-refractivity contribution >= 4 is 45.9 Å². The lowest BCUT2D eigenvalue weighted by atomic mass is 10.3. The fourth-order valence-corrected chi connectivity index (χ4v) is 2.29. The third-order valence-electron chi connectivity index (χ3n) is 2.96. The maximum atomic E-state index is 11.9. The molecule has 0 aliphatic rings. The van der Waals surface area contributed by atoms with Crippen LogP contribution in [0.2, 0.25) is 10.0 Å². The molecule has 0 saturated heterocycles. The van der Waals surface area contributed by atoms with Crippen molar-refractivity contribution in [2.75, 3.05) is 11.9 Å². The molecule has 0 bridgehead atoms. The SMILES string of the molecule is O=C(COc1cc(Cl)ccc1Cl)Nc1ccc2[nH]c(=O)oc2c1. The van der Waals surface area contributed by atoms with Crippen LogP contribution in [0.25, 0.3) is 11.1 Å². The van der Waals surface area contributed by atoms with Crippen molar-refractivity contribution < 1.29 is 13.9 Å². The average molecular weight is 353 g/mol. The molecule has 0 unspecified atom stereocenters. The highest BCUT2D eigenvalue weighted by Gasteiger charge is 2.08. The Balaban J connectivity index is 1.66. The van der Waals surface area contributed by atoms with E-state index in [1.165, 1.54) is 12.1 Å². The number of benzene rings is 2. The molecular weight excluding hydrogens is 343 g/mol. The number of hydrogen-bond acceptors (Lipinski definition) is 4. The van der Waals surface area contributed by atoms with Crippen LogP contribution in [0.3, 0.4) is 0 Å². The molecule has 3 aromatic rings. The number of anilines is 1. The van der Waals surface area contributed by atoms with Crippen LogP contribution in [0.5, 0.6) is 5.75 Å². The Morgan fingerprint density at radius 1 is 1.22 bits per heavy atom. The van der Waals surface area contributed by atoms with Crippen LogP contribution in [0.15, 0.2) is 45.6 Å². The van der Waals surface area contributed by atoms with Crippen molar-refractivity contribution in [3.05, 3.63) is 57.0 Å². The number of H-pyrrole nitrogens is 1. The first-order chi connectivity index (χ1) is 11.0. The van der Waals surface area contributed by atoms with Gasteiger partial charge in [0.1, 0.15) is 5.75 Å². The van der Waals surface area contributed by atoms with E-state index >= 15 is 0 Å². The third kappa shape index (κ3) is 3.67. The summed E-state index contributed by atoms with van der Waals surface area (Å²) in [5.41, 5.74) is 1.38. The molecule has 2 aromatic carbocycles. The molecular formula is C15H10Cl2N2O4. The highest BCUT2D eigenvalue weighted by atomic mass is 35.5. The Kier molecular flexibility index (Phi) is 4.27. The van der Waals surface area contributed by atoms with Crippen LogP contribution >= 0.6 is 23.2 Å². The van der Waals surface area contributed by atoms with Gasteiger partial charge in [0.05, 0.1) is 10.5 Å². The molecule has 8 heteroatoms. The second-order valence-electron chi connectivity index (χ2n) is 4.64. The van der Waals surface area contributed by atoms with Crippen LogP contribution in [0.4, 0.5) is 5.69 Å². The number of carbonyl (C=O) groups is 1. The molecule has 2 N–H and O–H groups in total. The fourth-order valence-electron chi connectivity index (χ4n) is 1.95. The Bertz CT molecular complexity index is 933. The molecule has 1 amide bonds. The lowest BCUT2D eigenvalue weighted by Crippen LogP contribution is -2.20. The van der Waals surface area contributed by atoms with Gasteiger partial charge in [-0.15, -0.1) is 0 Å². The maximum absolute atomic E-state index is 11.9. The molecule has 3 rings (SSSR count). The molecule has 0 aliphatic carbocycles. The number of hydrogen-bond donors (Lipinski definition) is 2. The summed E-state index contributed by atoms with van der Waals surface area (Å²) >= 11 is 11.8. The minimum absolute atomic E-state index is 0.241. The second-order valence-corrected chi connectivity index (χ2v) is 5.48. The number of halogens is 2. The largest absolute Gasteiger partial charge is 0.482 e. The zero-order valence-corrected chi connectivity index (χ0v) is 13.1. The van der Waals surface area contributed by atoms with E-state index in [-0.39, 0.29) is 6.61 Å². The summed E-state index contributed by atoms with van der Waals surface area (Å²) in [5, 5.41) is 3.45. The monoisotopic (exact) mass is 352 g/mol. The fraction of sp³-hybridized carbons (Fsp3) is 0.0667. The van der Waals surface area contributed by atoms with Crippen molar-refractivity contribution in [3.63, 3.8) is 0 Å². The number of aromatic nitrogens is 1. The van der Waals surface area contributed by atoms with Crippen molar-refractivity contribution in [1.82, 2.24) is 4.98 Å². The van der Waals surface area contributed by atoms with Gasteiger partial charge in [0.15, 0.2) is 12.2 Å². The van der Waals surface area contributed by atoms with E-state index in [1.807, 2.05) is 0 Å². The normalized spacial score (nSPS) is 10.7. The Labute approximate surface area is 140 Å². The van der Waals surface area contributed by atoms with Crippen LogP contribution in [0.1, 0.15) is 0 Å². The zero-order chi connectivity index (χ0) is 16.4. The van der Waals surface area contributed by atoms with Gasteiger partial charge in [0.2, 0.25) is 0 Å². The number of oxazole rings is 1. The van der Waals surface area contributed by atoms with Gasteiger partial charge in [-0.1, -0.05) is 23.2 Å². The maximum Gasteiger partial charge on any atom is 0.417 e. The van der Waals surface area contributed by atoms with E-state index in [4.69, 9.17) is 32.4 Å². The Morgan fingerprint density at radius 2 is 2.04 bits per heavy atom. The molecule has 0 spiro atoms. The lowest BCUT2D eigenvalue weighted by molar-refractivity contribution is -0.118. The number of rotatable bonds is 4. The summed E-state index contributed by atoms with van der Waals surface area (Å²) < 4.78 is 10.3. The molecule has 1 heterocycles. The minimum Gasteiger partial charge on any atom is -0.482 e. The van der Waals surface area contributed by atoms with Crippen molar-refractivity contribution in [1.29, 1.82) is 0 Å². The topological polar surface area (TPSA) is 84.3 Å². The van der Waals surface area contributed by atoms with Crippen molar-refractivity contribution in [3.8, 4) is 5.75 Å². The summed E-state index contributed by atoms with van der Waals surface area (Å²) in [6.45, 7) is -0.241. The van der Waals surface area contributed by atoms with Gasteiger partial charge < -0.3 is 14.5 Å². The van der Waals surface area contributed by atoms with Gasteiger partial charge in [-0.05, 0) is 24.3 Å². The van der Waals surface area contributed by atoms with Gasteiger partial charge >= 0.3 is 5.76 Å². The number of carbonyl (C=O) groups excluding carboxylic acids is 1. The van der Waals surface area contributed by atoms with Gasteiger partial charge in [0, 0.05) is 22.8 Å². The Hall–Kier alpha value is -2.44. The van der Waals surface area contributed by atoms with Gasteiger partial charge in [-0.2, -0.15) is 0 Å². The summed E-state index contributed by atoms with van der Waals surface area (Å²) in [7, 11) is 0. The van der Waals surface area contributed by atoms with Crippen LogP contribution in [-0.2, 0) is 4.79 Å². The molecule has 0 fully saturated rings. The lowest BCUT2D eigenvalue weighted by Gasteiger charge is -2.09. The molecule has 0 radical (unpaired) electrons. The van der Waals surface area contributed by atoms with E-state index < -0.39 is 11.7 Å². The van der Waals surface area contributed by atoms with Crippen molar-refractivity contribution in [2.45, 2.75) is 0 Å². The summed E-state index contributed by atoms with van der Waals surface area (Å²) in [5.74, 6) is -0.623. The summed E-state index contributed by atoms with van der Waals surface area (Å²) in [6.07, 6.45) is 0. The summed E-state index contributed by atoms with van der Waals surface area (Å²) in [4.78, 5) is 25.5. The van der Waals surface area contributed by atoms with Gasteiger partial charge in [-0.3, -0.25) is 9.78 Å². The van der Waals surface area contributed by atoms with E-state index in [9.17, 15) is 9.59 Å². The molecule has 118 valence electrons. The van der Waals surface area contributed by atoms with Crippen LogP contribution in [-0.4, -0.2) is 17.5 Å². The predicted octanol–water partition coefficient (Wildman–Crippen LogP) is 3.45. The molecule has 0 aliphatic heterocycles. The molecule has 6 nitrogen and oxygen atoms in total. The highest BCUT2D eigenvalue weighted by molar-refractivity contribution is 6.34. The average Bonchev–Trinajstić information content (AvgIpc) is 2.87. The van der Waals surface area contributed by atoms with E-state index in [0.29, 0.717) is 32.6 Å². The highest BCUT2D eigenvalue weighted by Crippen LogP contribution is 2.27. The number of fused-ring (bicyclic) bond motifs is 1. The number of aromatic amines is 1. The quantitative estimate of drug-likeness (QED) is 0.753. The molecule has 0 atom stereocenters. The van der Waals surface area contributed by atoms with Crippen LogP contribution < -0.4 is 15.8 Å². The first kappa shape index (κ1) is 15.5. The summed E-state index contributed by atoms with van der Waals surface area (Å²) in [6, 6.07) is 9.54. The number of ether oxygens (including phenoxy) is 1. The van der Waals surface area contributed by atoms with E-state index in [0.717, 1.165) is 0 Å². The third-order valence-corrected chi connectivity index (χ3v) is 3.50. The van der Waals surface area contributed by atoms with E-state index in [1.54, 1.807) is 24.3 Å². The number of amides is 1. The molecule has 0 saturated carbocycles. The Morgan fingerprint density at radius 3 is 2.87 bits per heavy atom. The van der Waals surface area contributed by atoms with Gasteiger partial charge in [0.25, 0.3) is 5.91 Å². The minimum atomic E-state index is -0.553. The zero-order valence-electron chi connectivity index (χ0n) is 11.6. The molecule has 1 aromatic heterocycles. The second kappa shape index (κ2) is 6.36. The molecule has 23 heavy (non-hydrogen) atoms.